The van der Waals surface area contributed by atoms with E-state index in [9.17, 15) is 24.5 Å². The lowest BCUT2D eigenvalue weighted by Gasteiger charge is -2.24. The van der Waals surface area contributed by atoms with Gasteiger partial charge in [-0.05, 0) is 64.2 Å². The molecule has 0 aliphatic rings. The molecule has 6 N–H and O–H groups in total. The fourth-order valence-corrected chi connectivity index (χ4v) is 6.86. The number of aliphatic hydroxyl groups is 2. The summed E-state index contributed by atoms with van der Waals surface area (Å²) in [5.74, 6) is -0.466. The molecule has 0 saturated heterocycles. The summed E-state index contributed by atoms with van der Waals surface area (Å²) in [6, 6.07) is -1.00. The van der Waals surface area contributed by atoms with Crippen molar-refractivity contribution in [2.45, 2.75) is 205 Å². The van der Waals surface area contributed by atoms with E-state index >= 15 is 0 Å². The molecule has 0 radical (unpaired) electrons. The quantitative estimate of drug-likeness (QED) is 0.0234. The maximum atomic E-state index is 12.8. The number of carbonyl (C=O) groups excluding carboxylic acids is 1. The highest BCUT2D eigenvalue weighted by atomic mass is 31.2. The zero-order valence-electron chi connectivity index (χ0n) is 34.6. The molecule has 0 aliphatic heterocycles. The Morgan fingerprint density at radius 1 is 0.648 bits per heavy atom. The molecule has 0 rings (SSSR count). The summed E-state index contributed by atoms with van der Waals surface area (Å²) in [6.07, 6.45) is 44.8. The molecule has 9 nitrogen and oxygen atoms in total. The predicted octanol–water partition coefficient (Wildman–Crippen LogP) is 11.1. The van der Waals surface area contributed by atoms with Crippen molar-refractivity contribution < 1.29 is 33.5 Å². The summed E-state index contributed by atoms with van der Waals surface area (Å²) in [5, 5.41) is 24.0. The Hall–Kier alpha value is -1.58. The first-order chi connectivity index (χ1) is 26.3. The van der Waals surface area contributed by atoms with Crippen LogP contribution >= 0.6 is 7.82 Å². The molecule has 10 heteroatoms. The molecule has 0 aromatic heterocycles. The third-order valence-corrected chi connectivity index (χ3v) is 10.4. The zero-order chi connectivity index (χ0) is 39.8. The lowest BCUT2D eigenvalue weighted by molar-refractivity contribution is -0.124. The third kappa shape index (κ3) is 37.3. The number of hydrogen-bond donors (Lipinski definition) is 5. The van der Waals surface area contributed by atoms with Gasteiger partial charge in [-0.1, -0.05) is 165 Å². The van der Waals surface area contributed by atoms with Gasteiger partial charge in [-0.25, -0.2) is 4.57 Å². The van der Waals surface area contributed by atoms with E-state index in [-0.39, 0.29) is 19.6 Å². The minimum absolute atomic E-state index is 0.0415. The Morgan fingerprint density at radius 2 is 1.11 bits per heavy atom. The van der Waals surface area contributed by atoms with E-state index in [2.05, 4.69) is 55.6 Å². The number of amides is 1. The van der Waals surface area contributed by atoms with Crippen molar-refractivity contribution >= 4 is 13.7 Å². The minimum Gasteiger partial charge on any atom is -0.393 e. The number of aliphatic hydroxyl groups excluding tert-OH is 2. The summed E-state index contributed by atoms with van der Waals surface area (Å²) in [4.78, 5) is 22.7. The van der Waals surface area contributed by atoms with Gasteiger partial charge in [0.2, 0.25) is 5.91 Å². The molecule has 1 amide bonds. The Kier molecular flexibility index (Phi) is 38.5. The molecule has 4 atom stereocenters. The van der Waals surface area contributed by atoms with Gasteiger partial charge in [0.1, 0.15) is 0 Å². The molecule has 0 saturated carbocycles. The van der Waals surface area contributed by atoms with Gasteiger partial charge in [0.15, 0.2) is 0 Å². The van der Waals surface area contributed by atoms with Gasteiger partial charge in [0.05, 0.1) is 37.9 Å². The molecule has 0 fully saturated rings. The van der Waals surface area contributed by atoms with Gasteiger partial charge in [0, 0.05) is 6.54 Å². The molecule has 4 unspecified atom stereocenters. The standard InChI is InChI=1S/C44H83N2O7P/c1-3-5-7-9-11-13-15-17-19-20-22-24-26-28-30-32-34-36-43(48)42(40-53-54(50,51)52-38-37-45)46-44(49)39-41(47)35-33-31-29-27-25-23-21-18-16-14-12-10-8-6-4-2/h12,14,18,21,26,28,34,36,41-43,47-48H,3-11,13,15-17,19-20,22-25,27,29-33,35,37-40,45H2,1-2H3,(H,46,49)(H,50,51)/b14-12-,21-18-,28-26+,36-34+. The average molecular weight is 783 g/mol. The summed E-state index contributed by atoms with van der Waals surface area (Å²) >= 11 is 0. The maximum absolute atomic E-state index is 12.8. The van der Waals surface area contributed by atoms with E-state index < -0.39 is 38.6 Å². The van der Waals surface area contributed by atoms with Gasteiger partial charge < -0.3 is 26.2 Å². The fourth-order valence-electron chi connectivity index (χ4n) is 6.10. The molecular formula is C44H83N2O7P. The second kappa shape index (κ2) is 39.6. The molecule has 54 heavy (non-hydrogen) atoms. The average Bonchev–Trinajstić information content (AvgIpc) is 3.15. The van der Waals surface area contributed by atoms with E-state index in [1.807, 2.05) is 6.08 Å². The van der Waals surface area contributed by atoms with Crippen molar-refractivity contribution in [2.75, 3.05) is 19.8 Å². The molecule has 0 aliphatic carbocycles. The van der Waals surface area contributed by atoms with Crippen LogP contribution in [0, 0.1) is 0 Å². The van der Waals surface area contributed by atoms with E-state index in [1.54, 1.807) is 6.08 Å². The van der Waals surface area contributed by atoms with Crippen LogP contribution in [-0.4, -0.2) is 59.0 Å². The van der Waals surface area contributed by atoms with E-state index in [1.165, 1.54) is 96.3 Å². The summed E-state index contributed by atoms with van der Waals surface area (Å²) < 4.78 is 22.1. The lowest BCUT2D eigenvalue weighted by atomic mass is 10.0. The van der Waals surface area contributed by atoms with Crippen LogP contribution in [0.15, 0.2) is 48.6 Å². The number of unbranched alkanes of at least 4 members (excludes halogenated alkanes) is 20. The minimum atomic E-state index is -4.41. The first-order valence-corrected chi connectivity index (χ1v) is 23.3. The first-order valence-electron chi connectivity index (χ1n) is 21.8. The summed E-state index contributed by atoms with van der Waals surface area (Å²) in [5.41, 5.74) is 5.36. The Labute approximate surface area is 331 Å². The van der Waals surface area contributed by atoms with Crippen LogP contribution < -0.4 is 11.1 Å². The van der Waals surface area contributed by atoms with Crippen molar-refractivity contribution in [2.24, 2.45) is 5.73 Å². The van der Waals surface area contributed by atoms with Crippen molar-refractivity contribution in [1.82, 2.24) is 5.32 Å². The van der Waals surface area contributed by atoms with Crippen LogP contribution in [0.25, 0.3) is 0 Å². The molecule has 316 valence electrons. The number of nitrogens with two attached hydrogens (primary N) is 1. The summed E-state index contributed by atoms with van der Waals surface area (Å²) in [6.45, 7) is 3.91. The van der Waals surface area contributed by atoms with Gasteiger partial charge in [-0.2, -0.15) is 0 Å². The number of nitrogens with one attached hydrogen (secondary N) is 1. The monoisotopic (exact) mass is 783 g/mol. The number of carbonyl (C=O) groups is 1. The molecule has 0 aromatic carbocycles. The van der Waals surface area contributed by atoms with Crippen LogP contribution in [0.2, 0.25) is 0 Å². The van der Waals surface area contributed by atoms with Crippen molar-refractivity contribution in [3.05, 3.63) is 48.6 Å². The topological polar surface area (TPSA) is 151 Å². The van der Waals surface area contributed by atoms with Crippen LogP contribution in [-0.2, 0) is 18.4 Å². The highest BCUT2D eigenvalue weighted by Crippen LogP contribution is 2.43. The number of hydrogen-bond acceptors (Lipinski definition) is 7. The Balaban J connectivity index is 4.41. The van der Waals surface area contributed by atoms with Crippen LogP contribution in [0.5, 0.6) is 0 Å². The van der Waals surface area contributed by atoms with Crippen LogP contribution in [0.1, 0.15) is 187 Å². The summed E-state index contributed by atoms with van der Waals surface area (Å²) in [7, 11) is -4.41. The van der Waals surface area contributed by atoms with E-state index in [0.717, 1.165) is 57.8 Å². The Bertz CT molecular complexity index is 1000. The maximum Gasteiger partial charge on any atom is 0.472 e. The first kappa shape index (κ1) is 52.4. The molecule has 0 bridgehead atoms. The largest absolute Gasteiger partial charge is 0.472 e. The van der Waals surface area contributed by atoms with Gasteiger partial charge in [-0.15, -0.1) is 0 Å². The Morgan fingerprint density at radius 3 is 1.69 bits per heavy atom. The smallest absolute Gasteiger partial charge is 0.393 e. The number of phosphoric acid groups is 1. The number of allylic oxidation sites excluding steroid dienone is 7. The van der Waals surface area contributed by atoms with E-state index in [0.29, 0.717) is 12.8 Å². The highest BCUT2D eigenvalue weighted by Gasteiger charge is 2.27. The SMILES string of the molecule is CCCCC/C=C\C/C=C\CCCCCCCC(O)CC(=O)NC(COP(=O)(O)OCCN)C(O)/C=C/CC/C=C/CCCCCCCCCCCCC. The lowest BCUT2D eigenvalue weighted by Crippen LogP contribution is -2.46. The van der Waals surface area contributed by atoms with Gasteiger partial charge >= 0.3 is 7.82 Å². The molecule has 0 heterocycles. The van der Waals surface area contributed by atoms with Crippen LogP contribution in [0.4, 0.5) is 0 Å². The van der Waals surface area contributed by atoms with Crippen molar-refractivity contribution in [3.63, 3.8) is 0 Å². The zero-order valence-corrected chi connectivity index (χ0v) is 35.5. The number of phosphoric ester groups is 1. The molecule has 0 aromatic rings. The van der Waals surface area contributed by atoms with Crippen LogP contribution in [0.3, 0.4) is 0 Å². The highest BCUT2D eigenvalue weighted by molar-refractivity contribution is 7.47. The second-order valence-corrected chi connectivity index (χ2v) is 16.2. The van der Waals surface area contributed by atoms with Crippen molar-refractivity contribution in [1.29, 1.82) is 0 Å². The molecular weight excluding hydrogens is 699 g/mol. The normalized spacial score (nSPS) is 15.1. The van der Waals surface area contributed by atoms with Gasteiger partial charge in [0.25, 0.3) is 0 Å². The molecule has 0 spiro atoms. The predicted molar refractivity (Wildman–Crippen MR) is 227 cm³/mol. The van der Waals surface area contributed by atoms with Gasteiger partial charge in [-0.3, -0.25) is 13.8 Å². The fraction of sp³-hybridized carbons (Fsp3) is 0.795. The van der Waals surface area contributed by atoms with E-state index in [4.69, 9.17) is 14.8 Å². The second-order valence-electron chi connectivity index (χ2n) is 14.7. The number of rotatable bonds is 40. The third-order valence-electron chi connectivity index (χ3n) is 9.43. The van der Waals surface area contributed by atoms with Crippen molar-refractivity contribution in [3.8, 4) is 0 Å².